The summed E-state index contributed by atoms with van der Waals surface area (Å²) >= 11 is 0. The average Bonchev–Trinajstić information content (AvgIpc) is 3.14. The molecule has 0 aromatic heterocycles. The highest BCUT2D eigenvalue weighted by Crippen LogP contribution is 2.55. The van der Waals surface area contributed by atoms with E-state index in [0.29, 0.717) is 36.6 Å². The van der Waals surface area contributed by atoms with Crippen LogP contribution in [0.1, 0.15) is 33.6 Å². The van der Waals surface area contributed by atoms with Gasteiger partial charge in [-0.15, -0.1) is 0 Å². The summed E-state index contributed by atoms with van der Waals surface area (Å²) in [5.41, 5.74) is -0.437. The number of amides is 1. The second-order valence-corrected chi connectivity index (χ2v) is 6.92. The lowest BCUT2D eigenvalue weighted by Gasteiger charge is -2.25. The molecule has 2 saturated carbocycles. The molecule has 4 heteroatoms. The van der Waals surface area contributed by atoms with Gasteiger partial charge in [-0.2, -0.15) is 0 Å². The molecule has 0 aromatic rings. The van der Waals surface area contributed by atoms with Crippen molar-refractivity contribution in [3.8, 4) is 0 Å². The molecular formula is C14H21NO3. The van der Waals surface area contributed by atoms with Gasteiger partial charge < -0.3 is 9.64 Å². The summed E-state index contributed by atoms with van der Waals surface area (Å²) in [6.07, 6.45) is 1.95. The molecule has 0 aromatic carbocycles. The molecule has 1 aliphatic heterocycles. The van der Waals surface area contributed by atoms with Crippen LogP contribution in [-0.2, 0) is 9.53 Å². The fourth-order valence-electron chi connectivity index (χ4n) is 3.06. The van der Waals surface area contributed by atoms with Crippen LogP contribution in [0.5, 0.6) is 0 Å². The van der Waals surface area contributed by atoms with E-state index in [1.165, 1.54) is 0 Å². The van der Waals surface area contributed by atoms with Crippen molar-refractivity contribution >= 4 is 11.9 Å². The van der Waals surface area contributed by atoms with E-state index in [9.17, 15) is 9.59 Å². The summed E-state index contributed by atoms with van der Waals surface area (Å²) < 4.78 is 5.35. The minimum Gasteiger partial charge on any atom is -0.444 e. The second kappa shape index (κ2) is 3.72. The summed E-state index contributed by atoms with van der Waals surface area (Å²) in [5, 5.41) is 0. The van der Waals surface area contributed by atoms with Crippen LogP contribution in [0.4, 0.5) is 4.79 Å². The van der Waals surface area contributed by atoms with Crippen molar-refractivity contribution in [3.63, 3.8) is 0 Å². The lowest BCUT2D eigenvalue weighted by Crippen LogP contribution is -2.37. The first-order valence-corrected chi connectivity index (χ1v) is 6.88. The van der Waals surface area contributed by atoms with Crippen LogP contribution in [0, 0.1) is 23.7 Å². The van der Waals surface area contributed by atoms with Gasteiger partial charge in [0.1, 0.15) is 11.4 Å². The molecular weight excluding hydrogens is 230 g/mol. The zero-order valence-electron chi connectivity index (χ0n) is 11.3. The zero-order valence-corrected chi connectivity index (χ0v) is 11.3. The highest BCUT2D eigenvalue weighted by molar-refractivity contribution is 5.89. The summed E-state index contributed by atoms with van der Waals surface area (Å²) in [4.78, 5) is 25.6. The van der Waals surface area contributed by atoms with Crippen molar-refractivity contribution in [2.24, 2.45) is 23.7 Å². The maximum atomic E-state index is 12.0. The molecule has 1 heterocycles. The quantitative estimate of drug-likeness (QED) is 0.755. The van der Waals surface area contributed by atoms with Gasteiger partial charge in [0.05, 0.1) is 0 Å². The van der Waals surface area contributed by atoms with Crippen molar-refractivity contribution in [1.82, 2.24) is 4.90 Å². The van der Waals surface area contributed by atoms with Crippen molar-refractivity contribution < 1.29 is 14.3 Å². The number of hydrogen-bond donors (Lipinski definition) is 0. The van der Waals surface area contributed by atoms with Gasteiger partial charge in [-0.25, -0.2) is 4.79 Å². The van der Waals surface area contributed by atoms with Crippen LogP contribution in [0.2, 0.25) is 0 Å². The highest BCUT2D eigenvalue weighted by Gasteiger charge is 2.61. The number of carbonyl (C=O) groups excluding carboxylic acids is 2. The molecule has 18 heavy (non-hydrogen) atoms. The number of carbonyl (C=O) groups is 2. The Hall–Kier alpha value is -1.06. The van der Waals surface area contributed by atoms with Crippen LogP contribution < -0.4 is 0 Å². The molecule has 100 valence electrons. The van der Waals surface area contributed by atoms with Gasteiger partial charge in [-0.1, -0.05) is 0 Å². The summed E-state index contributed by atoms with van der Waals surface area (Å²) in [6, 6.07) is 0. The highest BCUT2D eigenvalue weighted by atomic mass is 16.6. The van der Waals surface area contributed by atoms with E-state index < -0.39 is 5.60 Å². The van der Waals surface area contributed by atoms with Gasteiger partial charge in [0.15, 0.2) is 0 Å². The van der Waals surface area contributed by atoms with E-state index in [-0.39, 0.29) is 12.0 Å². The molecule has 0 unspecified atom stereocenters. The third-order valence-corrected chi connectivity index (χ3v) is 4.15. The van der Waals surface area contributed by atoms with Crippen molar-refractivity contribution in [2.75, 3.05) is 13.1 Å². The number of ketones is 1. The Labute approximate surface area is 108 Å². The summed E-state index contributed by atoms with van der Waals surface area (Å²) in [6.45, 7) is 7.05. The minimum atomic E-state index is -0.437. The fourth-order valence-corrected chi connectivity index (χ4v) is 3.06. The van der Waals surface area contributed by atoms with Gasteiger partial charge in [-0.3, -0.25) is 4.79 Å². The standard InChI is InChI=1S/C14H21NO3/c1-14(2,3)18-13(17)15-6-9-10(7-15)11(9)12(16)8-4-5-8/h8-11H,4-7H2,1-3H3/t9-,10+,11-. The van der Waals surface area contributed by atoms with Crippen molar-refractivity contribution in [2.45, 2.75) is 39.2 Å². The first-order valence-electron chi connectivity index (χ1n) is 6.88. The lowest BCUT2D eigenvalue weighted by atomic mass is 10.1. The summed E-state index contributed by atoms with van der Waals surface area (Å²) in [5.74, 6) is 1.93. The molecule has 4 nitrogen and oxygen atoms in total. The predicted molar refractivity (Wildman–Crippen MR) is 66.0 cm³/mol. The molecule has 0 spiro atoms. The number of ether oxygens (including phenoxy) is 1. The molecule has 1 saturated heterocycles. The Balaban J connectivity index is 1.51. The van der Waals surface area contributed by atoms with E-state index in [0.717, 1.165) is 12.8 Å². The first-order chi connectivity index (χ1) is 8.37. The van der Waals surface area contributed by atoms with E-state index in [2.05, 4.69) is 0 Å². The normalized spacial score (nSPS) is 34.2. The van der Waals surface area contributed by atoms with Crippen molar-refractivity contribution in [3.05, 3.63) is 0 Å². The van der Waals surface area contributed by atoms with E-state index in [4.69, 9.17) is 4.74 Å². The zero-order chi connectivity index (χ0) is 13.1. The third-order valence-electron chi connectivity index (χ3n) is 4.15. The predicted octanol–water partition coefficient (Wildman–Crippen LogP) is 2.08. The maximum Gasteiger partial charge on any atom is 0.410 e. The Bertz CT molecular complexity index is 382. The molecule has 0 radical (unpaired) electrons. The van der Waals surface area contributed by atoms with Crippen LogP contribution in [0.25, 0.3) is 0 Å². The number of hydrogen-bond acceptors (Lipinski definition) is 3. The van der Waals surface area contributed by atoms with Crippen LogP contribution in [0.3, 0.4) is 0 Å². The van der Waals surface area contributed by atoms with Gasteiger partial charge in [-0.05, 0) is 45.4 Å². The fraction of sp³-hybridized carbons (Fsp3) is 0.857. The molecule has 3 rings (SSSR count). The second-order valence-electron chi connectivity index (χ2n) is 6.92. The topological polar surface area (TPSA) is 46.6 Å². The minimum absolute atomic E-state index is 0.229. The Morgan fingerprint density at radius 1 is 1.11 bits per heavy atom. The molecule has 3 aliphatic rings. The van der Waals surface area contributed by atoms with Gasteiger partial charge >= 0.3 is 6.09 Å². The van der Waals surface area contributed by atoms with Gasteiger partial charge in [0, 0.05) is 24.9 Å². The van der Waals surface area contributed by atoms with Gasteiger partial charge in [0.25, 0.3) is 0 Å². The molecule has 0 N–H and O–H groups in total. The molecule has 2 aliphatic carbocycles. The molecule has 3 atom stereocenters. The third kappa shape index (κ3) is 2.13. The summed E-state index contributed by atoms with van der Waals surface area (Å²) in [7, 11) is 0. The van der Waals surface area contributed by atoms with E-state index in [1.54, 1.807) is 4.90 Å². The number of likely N-dealkylation sites (tertiary alicyclic amines) is 1. The number of rotatable bonds is 2. The Morgan fingerprint density at radius 3 is 2.11 bits per heavy atom. The number of nitrogens with zero attached hydrogens (tertiary/aromatic N) is 1. The van der Waals surface area contributed by atoms with Crippen LogP contribution in [0.15, 0.2) is 0 Å². The smallest absolute Gasteiger partial charge is 0.410 e. The number of fused-ring (bicyclic) bond motifs is 1. The Kier molecular flexibility index (Phi) is 2.48. The van der Waals surface area contributed by atoms with E-state index >= 15 is 0 Å². The van der Waals surface area contributed by atoms with E-state index in [1.807, 2.05) is 20.8 Å². The monoisotopic (exact) mass is 251 g/mol. The van der Waals surface area contributed by atoms with Crippen LogP contribution in [-0.4, -0.2) is 35.5 Å². The molecule has 1 amide bonds. The molecule has 0 bridgehead atoms. The molecule has 3 fully saturated rings. The first kappa shape index (κ1) is 12.0. The van der Waals surface area contributed by atoms with Crippen LogP contribution >= 0.6 is 0 Å². The average molecular weight is 251 g/mol. The van der Waals surface area contributed by atoms with Gasteiger partial charge in [0.2, 0.25) is 0 Å². The number of piperidine rings is 1. The SMILES string of the molecule is CC(C)(C)OC(=O)N1C[C@@H]2[C@H](C1)[C@@H]2C(=O)C1CC1. The lowest BCUT2D eigenvalue weighted by molar-refractivity contribution is -0.122. The van der Waals surface area contributed by atoms with Crippen molar-refractivity contribution in [1.29, 1.82) is 0 Å². The largest absolute Gasteiger partial charge is 0.444 e. The Morgan fingerprint density at radius 2 is 1.67 bits per heavy atom. The maximum absolute atomic E-state index is 12.0. The number of Topliss-reactive ketones (excluding diaryl/α,β-unsaturated/α-hetero) is 1.